The minimum atomic E-state index is 0.943. The minimum absolute atomic E-state index is 0.943. The average molecular weight is 712 g/mol. The predicted octanol–water partition coefficient (Wildman–Crippen LogP) is 14.4. The van der Waals surface area contributed by atoms with Gasteiger partial charge < -0.3 is 4.90 Å². The summed E-state index contributed by atoms with van der Waals surface area (Å²) in [7, 11) is 0. The first kappa shape index (κ1) is 30.9. The van der Waals surface area contributed by atoms with Crippen molar-refractivity contribution in [1.82, 2.24) is 9.55 Å². The largest absolute Gasteiger partial charge is 0.306 e. The van der Waals surface area contributed by atoms with Crippen molar-refractivity contribution in [2.24, 2.45) is 0 Å². The van der Waals surface area contributed by atoms with E-state index in [2.05, 4.69) is 210 Å². The summed E-state index contributed by atoms with van der Waals surface area (Å²) >= 11 is 0. The van der Waals surface area contributed by atoms with Crippen LogP contribution < -0.4 is 4.90 Å². The summed E-state index contributed by atoms with van der Waals surface area (Å²) in [5, 5.41) is 10.0. The van der Waals surface area contributed by atoms with Crippen LogP contribution in [-0.2, 0) is 0 Å². The first-order valence-corrected chi connectivity index (χ1v) is 19.2. The van der Waals surface area contributed by atoms with Gasteiger partial charge in [-0.05, 0) is 108 Å². The minimum Gasteiger partial charge on any atom is -0.306 e. The molecule has 0 bridgehead atoms. The summed E-state index contributed by atoms with van der Waals surface area (Å²) in [6.07, 6.45) is 0. The Morgan fingerprint density at radius 2 is 0.911 bits per heavy atom. The van der Waals surface area contributed by atoms with Crippen molar-refractivity contribution in [3.63, 3.8) is 0 Å². The van der Waals surface area contributed by atoms with Gasteiger partial charge in [-0.3, -0.25) is 4.57 Å². The number of hydrogen-bond acceptors (Lipinski definition) is 2. The highest BCUT2D eigenvalue weighted by Crippen LogP contribution is 2.51. The van der Waals surface area contributed by atoms with Gasteiger partial charge in [-0.15, -0.1) is 0 Å². The number of nitrogens with zero attached hydrogens (tertiary/aromatic N) is 3. The number of fused-ring (bicyclic) bond motifs is 7. The molecule has 0 N–H and O–H groups in total. The van der Waals surface area contributed by atoms with E-state index < -0.39 is 0 Å². The molecule has 2 heterocycles. The van der Waals surface area contributed by atoms with Crippen LogP contribution >= 0.6 is 0 Å². The molecule has 0 aliphatic carbocycles. The fraction of sp³-hybridized carbons (Fsp3) is 0. The molecule has 0 saturated heterocycles. The van der Waals surface area contributed by atoms with Crippen molar-refractivity contribution >= 4 is 71.2 Å². The molecular weight excluding hydrogens is 679 g/mol. The zero-order valence-electron chi connectivity index (χ0n) is 30.4. The number of para-hydroxylation sites is 2. The Labute approximate surface area is 324 Å². The summed E-state index contributed by atoms with van der Waals surface area (Å²) in [5.74, 6) is 0.943. The van der Waals surface area contributed by atoms with Gasteiger partial charge in [-0.2, -0.15) is 0 Å². The zero-order chi connectivity index (χ0) is 36.7. The lowest BCUT2D eigenvalue weighted by Crippen LogP contribution is -2.18. The topological polar surface area (TPSA) is 21.1 Å². The Morgan fingerprint density at radius 1 is 0.339 bits per heavy atom. The second-order valence-electron chi connectivity index (χ2n) is 14.7. The van der Waals surface area contributed by atoms with Crippen LogP contribution in [0.2, 0.25) is 0 Å². The Hall–Kier alpha value is -7.49. The van der Waals surface area contributed by atoms with E-state index in [0.29, 0.717) is 0 Å². The van der Waals surface area contributed by atoms with E-state index in [4.69, 9.17) is 4.98 Å². The molecule has 0 fully saturated rings. The van der Waals surface area contributed by atoms with E-state index >= 15 is 0 Å². The smallest absolute Gasteiger partial charge is 0.145 e. The fourth-order valence-corrected chi connectivity index (χ4v) is 9.26. The van der Waals surface area contributed by atoms with Gasteiger partial charge in [0, 0.05) is 11.3 Å². The SMILES string of the molecule is c1ccc(-c2nc3cccc4c3n2-c2ccc(-c3c5ccccc5c(-c5ccc6c(ccc7ccccc76)c5)c5ccccc35)cc2N4c2ccccc2)cc1. The summed E-state index contributed by atoms with van der Waals surface area (Å²) in [6.45, 7) is 0. The highest BCUT2D eigenvalue weighted by molar-refractivity contribution is 6.22. The molecule has 0 atom stereocenters. The Morgan fingerprint density at radius 3 is 1.62 bits per heavy atom. The molecule has 260 valence electrons. The summed E-state index contributed by atoms with van der Waals surface area (Å²) in [4.78, 5) is 7.66. The maximum atomic E-state index is 5.25. The van der Waals surface area contributed by atoms with E-state index in [1.807, 2.05) is 0 Å². The van der Waals surface area contributed by atoms with Crippen LogP contribution in [0, 0.1) is 0 Å². The number of imidazole rings is 1. The third kappa shape index (κ3) is 4.49. The molecule has 0 amide bonds. The van der Waals surface area contributed by atoms with Crippen LogP contribution in [0.15, 0.2) is 200 Å². The van der Waals surface area contributed by atoms with Crippen molar-refractivity contribution in [3.05, 3.63) is 200 Å². The van der Waals surface area contributed by atoms with Crippen LogP contribution in [0.3, 0.4) is 0 Å². The van der Waals surface area contributed by atoms with Gasteiger partial charge in [-0.25, -0.2) is 4.98 Å². The second-order valence-corrected chi connectivity index (χ2v) is 14.7. The summed E-state index contributed by atoms with van der Waals surface area (Å²) < 4.78 is 2.36. The Balaban J connectivity index is 1.13. The molecule has 0 spiro atoms. The lowest BCUT2D eigenvalue weighted by molar-refractivity contribution is 1.06. The van der Waals surface area contributed by atoms with Crippen LogP contribution in [0.5, 0.6) is 0 Å². The van der Waals surface area contributed by atoms with Crippen LogP contribution in [-0.4, -0.2) is 9.55 Å². The van der Waals surface area contributed by atoms with Crippen LogP contribution in [0.25, 0.3) is 93.5 Å². The van der Waals surface area contributed by atoms with Crippen molar-refractivity contribution in [3.8, 4) is 39.3 Å². The molecule has 0 radical (unpaired) electrons. The van der Waals surface area contributed by atoms with Crippen molar-refractivity contribution < 1.29 is 0 Å². The first-order valence-electron chi connectivity index (χ1n) is 19.2. The average Bonchev–Trinajstić information content (AvgIpc) is 3.67. The highest BCUT2D eigenvalue weighted by atomic mass is 15.2. The molecule has 1 aliphatic heterocycles. The van der Waals surface area contributed by atoms with Gasteiger partial charge in [0.2, 0.25) is 0 Å². The van der Waals surface area contributed by atoms with E-state index in [1.165, 1.54) is 65.3 Å². The molecule has 0 unspecified atom stereocenters. The lowest BCUT2D eigenvalue weighted by atomic mass is 9.85. The molecule has 0 saturated carbocycles. The van der Waals surface area contributed by atoms with E-state index in [-0.39, 0.29) is 0 Å². The maximum absolute atomic E-state index is 5.25. The highest BCUT2D eigenvalue weighted by Gasteiger charge is 2.30. The standard InChI is InChI=1S/C53H33N3/c1-3-15-35(16-4-1)53-54-46-24-13-25-48-52(46)56(53)47-31-29-38(33-49(47)55(48)39-17-5-2-6-18-39)51-44-22-11-9-20-42(44)50(43-21-10-12-23-45(43)51)37-28-30-41-36(32-37)27-26-34-14-7-8-19-40(34)41/h1-33H. The molecule has 56 heavy (non-hydrogen) atoms. The normalized spacial score (nSPS) is 12.2. The van der Waals surface area contributed by atoms with E-state index in [1.54, 1.807) is 0 Å². The van der Waals surface area contributed by atoms with Gasteiger partial charge in [0.15, 0.2) is 0 Å². The molecule has 11 aromatic rings. The van der Waals surface area contributed by atoms with Gasteiger partial charge >= 0.3 is 0 Å². The Bertz CT molecular complexity index is 3300. The lowest BCUT2D eigenvalue weighted by Gasteiger charge is -2.33. The molecular formula is C53H33N3. The Kier molecular flexibility index (Phi) is 6.63. The van der Waals surface area contributed by atoms with Gasteiger partial charge in [-0.1, -0.05) is 158 Å². The molecule has 1 aliphatic rings. The zero-order valence-corrected chi connectivity index (χ0v) is 30.4. The third-order valence-corrected chi connectivity index (χ3v) is 11.7. The quantitative estimate of drug-likeness (QED) is 0.134. The van der Waals surface area contributed by atoms with E-state index in [0.717, 1.165) is 45.2 Å². The second kappa shape index (κ2) is 12.0. The molecule has 1 aromatic heterocycles. The van der Waals surface area contributed by atoms with Crippen molar-refractivity contribution in [2.45, 2.75) is 0 Å². The third-order valence-electron chi connectivity index (χ3n) is 11.7. The van der Waals surface area contributed by atoms with Gasteiger partial charge in [0.05, 0.1) is 28.1 Å². The number of rotatable bonds is 4. The predicted molar refractivity (Wildman–Crippen MR) is 236 cm³/mol. The monoisotopic (exact) mass is 711 g/mol. The van der Waals surface area contributed by atoms with Gasteiger partial charge in [0.1, 0.15) is 5.82 Å². The van der Waals surface area contributed by atoms with Crippen molar-refractivity contribution in [2.75, 3.05) is 4.90 Å². The summed E-state index contributed by atoms with van der Waals surface area (Å²) in [5.41, 5.74) is 12.5. The number of benzene rings is 10. The van der Waals surface area contributed by atoms with Crippen LogP contribution in [0.4, 0.5) is 17.1 Å². The van der Waals surface area contributed by atoms with Gasteiger partial charge in [0.25, 0.3) is 0 Å². The molecule has 3 nitrogen and oxygen atoms in total. The molecule has 12 rings (SSSR count). The summed E-state index contributed by atoms with van der Waals surface area (Å²) in [6, 6.07) is 72.8. The van der Waals surface area contributed by atoms with Crippen LogP contribution in [0.1, 0.15) is 0 Å². The van der Waals surface area contributed by atoms with E-state index in [9.17, 15) is 0 Å². The first-order chi connectivity index (χ1) is 27.8. The van der Waals surface area contributed by atoms with Crippen molar-refractivity contribution in [1.29, 1.82) is 0 Å². The number of anilines is 3. The maximum Gasteiger partial charge on any atom is 0.145 e. The fourth-order valence-electron chi connectivity index (χ4n) is 9.26. The number of aromatic nitrogens is 2. The molecule has 10 aromatic carbocycles. The molecule has 3 heteroatoms. The number of hydrogen-bond donors (Lipinski definition) is 0.